The van der Waals surface area contributed by atoms with Crippen LogP contribution in [0.1, 0.15) is 0 Å². The Balaban J connectivity index is 2.61. The van der Waals surface area contributed by atoms with E-state index in [0.29, 0.717) is 7.78 Å². The largest absolute Gasteiger partial charge is 0.150 e. The van der Waals surface area contributed by atoms with Gasteiger partial charge in [0.25, 0.3) is 0 Å². The molecule has 1 atom stereocenters. The Morgan fingerprint density at radius 1 is 1.38 bits per heavy atom. The molecule has 0 nitrogen and oxygen atoms in total. The first-order chi connectivity index (χ1) is 4.43. The second-order valence-corrected chi connectivity index (χ2v) is 2.86. The first kappa shape index (κ1) is 4.84. The van der Waals surface area contributed by atoms with Crippen LogP contribution in [0.3, 0.4) is 0 Å². The van der Waals surface area contributed by atoms with Crippen molar-refractivity contribution in [3.05, 3.63) is 30.3 Å². The average molecular weight is 143 g/mol. The van der Waals surface area contributed by atoms with Crippen molar-refractivity contribution in [1.29, 1.82) is 1.12 Å². The SMILES string of the molecule is [2H]SPc1ccccc1. The van der Waals surface area contributed by atoms with Gasteiger partial charge < -0.3 is 0 Å². The lowest BCUT2D eigenvalue weighted by Gasteiger charge is -1.89. The number of rotatable bonds is 2. The van der Waals surface area contributed by atoms with E-state index in [1.165, 1.54) is 5.30 Å². The minimum Gasteiger partial charge on any atom is -0.150 e. The molecule has 1 rings (SSSR count). The molecule has 1 aromatic rings. The Morgan fingerprint density at radius 2 is 2.12 bits per heavy atom. The summed E-state index contributed by atoms with van der Waals surface area (Å²) >= 11 is 1.13. The van der Waals surface area contributed by atoms with E-state index in [9.17, 15) is 0 Å². The number of hydrogen-bond donors (Lipinski definition) is 1. The number of hydrogen-bond acceptors (Lipinski definition) is 1. The molecule has 42 valence electrons. The minimum absolute atomic E-state index is 0.570. The fraction of sp³-hybridized carbons (Fsp3) is 0. The summed E-state index contributed by atoms with van der Waals surface area (Å²) in [6, 6.07) is 10.1. The molecule has 0 spiro atoms. The second-order valence-electron chi connectivity index (χ2n) is 1.47. The summed E-state index contributed by atoms with van der Waals surface area (Å²) in [5.74, 6) is 0. The van der Waals surface area contributed by atoms with E-state index in [1.54, 1.807) is 0 Å². The van der Waals surface area contributed by atoms with Crippen molar-refractivity contribution in [3.63, 3.8) is 0 Å². The summed E-state index contributed by atoms with van der Waals surface area (Å²) in [6.07, 6.45) is 0. The molecule has 2 heteroatoms. The molecule has 0 bridgehead atoms. The van der Waals surface area contributed by atoms with Crippen LogP contribution in [0.15, 0.2) is 30.3 Å². The van der Waals surface area contributed by atoms with Crippen LogP contribution in [-0.2, 0) is 0 Å². The Bertz CT molecular complexity index is 166. The van der Waals surface area contributed by atoms with Crippen molar-refractivity contribution in [2.75, 3.05) is 0 Å². The molecule has 0 aromatic heterocycles. The highest BCUT2D eigenvalue weighted by Gasteiger charge is 1.80. The summed E-state index contributed by atoms with van der Waals surface area (Å²) in [4.78, 5) is 0. The average Bonchev–Trinajstić information content (AvgIpc) is 1.91. The molecule has 0 saturated heterocycles. The maximum atomic E-state index is 6.87. The Hall–Kier alpha value is 0. The minimum atomic E-state index is 0.570. The van der Waals surface area contributed by atoms with Gasteiger partial charge in [0.05, 0.1) is 0 Å². The molecule has 1 aromatic carbocycles. The van der Waals surface area contributed by atoms with Gasteiger partial charge in [0.2, 0.25) is 0 Å². The highest BCUT2D eigenvalue weighted by molar-refractivity contribution is 8.40. The van der Waals surface area contributed by atoms with E-state index in [4.69, 9.17) is 1.12 Å². The van der Waals surface area contributed by atoms with Gasteiger partial charge in [-0.2, -0.15) is 0 Å². The maximum Gasteiger partial charge on any atom is 0.107 e. The van der Waals surface area contributed by atoms with Gasteiger partial charge in [0.1, 0.15) is 1.12 Å². The van der Waals surface area contributed by atoms with E-state index < -0.39 is 0 Å². The zero-order valence-corrected chi connectivity index (χ0v) is 6.11. The Labute approximate surface area is 57.3 Å². The first-order valence-corrected chi connectivity index (χ1v) is 4.50. The molecule has 0 fully saturated rings. The molecule has 8 heavy (non-hydrogen) atoms. The summed E-state index contributed by atoms with van der Waals surface area (Å²) in [6.45, 7) is 0. The lowest BCUT2D eigenvalue weighted by molar-refractivity contribution is 1.78. The van der Waals surface area contributed by atoms with Crippen molar-refractivity contribution >= 4 is 25.2 Å². The lowest BCUT2D eigenvalue weighted by Crippen LogP contribution is -1.85. The van der Waals surface area contributed by atoms with Crippen molar-refractivity contribution in [2.24, 2.45) is 0 Å². The molecule has 0 amide bonds. The van der Waals surface area contributed by atoms with E-state index >= 15 is 0 Å². The molecule has 0 aliphatic heterocycles. The lowest BCUT2D eigenvalue weighted by atomic mass is 10.4. The predicted molar refractivity (Wildman–Crippen MR) is 43.4 cm³/mol. The fourth-order valence-corrected chi connectivity index (χ4v) is 1.24. The third-order valence-electron chi connectivity index (χ3n) is 0.892. The Kier molecular flexibility index (Phi) is 1.88. The predicted octanol–water partition coefficient (Wildman–Crippen LogP) is 1.84. The van der Waals surface area contributed by atoms with E-state index in [2.05, 4.69) is 0 Å². The van der Waals surface area contributed by atoms with Gasteiger partial charge in [0, 0.05) is 0 Å². The van der Waals surface area contributed by atoms with Gasteiger partial charge in [-0.15, -0.1) is 12.2 Å². The third kappa shape index (κ3) is 1.50. The standard InChI is InChI=1S/C6H7PS/c8-7-6-4-2-1-3-5-6/h1-5,7-8H/i8D. The molecule has 0 saturated carbocycles. The van der Waals surface area contributed by atoms with Gasteiger partial charge in [-0.25, -0.2) is 0 Å². The molecule has 0 aliphatic carbocycles. The van der Waals surface area contributed by atoms with Gasteiger partial charge in [-0.3, -0.25) is 0 Å². The van der Waals surface area contributed by atoms with Crippen LogP contribution in [0.2, 0.25) is 0 Å². The zero-order chi connectivity index (χ0) is 6.53. The number of benzene rings is 1. The monoisotopic (exact) mass is 143 g/mol. The maximum absolute atomic E-state index is 6.87. The summed E-state index contributed by atoms with van der Waals surface area (Å²) in [5.41, 5.74) is 0. The molecule has 0 aliphatic rings. The zero-order valence-electron chi connectivity index (χ0n) is 5.29. The molecular weight excluding hydrogens is 135 g/mol. The fourth-order valence-electron chi connectivity index (χ4n) is 0.506. The van der Waals surface area contributed by atoms with Gasteiger partial charge >= 0.3 is 0 Å². The first-order valence-electron chi connectivity index (χ1n) is 2.77. The van der Waals surface area contributed by atoms with Crippen LogP contribution in [0, 0.1) is 0 Å². The van der Waals surface area contributed by atoms with Crippen molar-refractivity contribution in [3.8, 4) is 0 Å². The molecule has 1 unspecified atom stereocenters. The molecule has 0 N–H and O–H groups in total. The smallest absolute Gasteiger partial charge is 0.107 e. The molecule has 0 radical (unpaired) electrons. The normalized spacial score (nSPS) is 12.2. The quantitative estimate of drug-likeness (QED) is 0.474. The summed E-state index contributed by atoms with van der Waals surface area (Å²) < 4.78 is 6.87. The van der Waals surface area contributed by atoms with Crippen molar-refractivity contribution in [2.45, 2.75) is 0 Å². The molecular formula is C6H7PS. The highest BCUT2D eigenvalue weighted by atomic mass is 32.7. The van der Waals surface area contributed by atoms with Crippen LogP contribution in [0.4, 0.5) is 0 Å². The van der Waals surface area contributed by atoms with Crippen molar-refractivity contribution < 1.29 is 0 Å². The van der Waals surface area contributed by atoms with E-state index in [0.717, 1.165) is 12.2 Å². The van der Waals surface area contributed by atoms with Crippen LogP contribution in [0.5, 0.6) is 0 Å². The molecule has 0 heterocycles. The Morgan fingerprint density at radius 3 is 2.75 bits per heavy atom. The van der Waals surface area contributed by atoms with Crippen LogP contribution in [0.25, 0.3) is 0 Å². The second kappa shape index (κ2) is 3.11. The summed E-state index contributed by atoms with van der Waals surface area (Å²) in [5, 5.41) is 1.25. The van der Waals surface area contributed by atoms with Crippen LogP contribution >= 0.6 is 19.9 Å². The van der Waals surface area contributed by atoms with Gasteiger partial charge in [-0.05, 0) is 13.1 Å². The van der Waals surface area contributed by atoms with E-state index in [-0.39, 0.29) is 0 Å². The van der Waals surface area contributed by atoms with Gasteiger partial charge in [-0.1, -0.05) is 30.3 Å². The number of thiol groups is 1. The van der Waals surface area contributed by atoms with Crippen LogP contribution < -0.4 is 5.30 Å². The van der Waals surface area contributed by atoms with Gasteiger partial charge in [0.15, 0.2) is 0 Å². The highest BCUT2D eigenvalue weighted by Crippen LogP contribution is 2.12. The van der Waals surface area contributed by atoms with E-state index in [1.807, 2.05) is 30.3 Å². The van der Waals surface area contributed by atoms with Crippen molar-refractivity contribution in [1.82, 2.24) is 0 Å². The topological polar surface area (TPSA) is 0 Å². The third-order valence-corrected chi connectivity index (χ3v) is 2.17. The summed E-state index contributed by atoms with van der Waals surface area (Å²) in [7, 11) is 0.570. The van der Waals surface area contributed by atoms with Crippen LogP contribution in [-0.4, -0.2) is 1.12 Å².